The Morgan fingerprint density at radius 1 is 1.50 bits per heavy atom. The van der Waals surface area contributed by atoms with E-state index in [2.05, 4.69) is 15.1 Å². The second-order valence-corrected chi connectivity index (χ2v) is 2.12. The van der Waals surface area contributed by atoms with Crippen molar-refractivity contribution in [2.75, 3.05) is 0 Å². The number of hydrogen-bond acceptors (Lipinski definition) is 3. The lowest BCUT2D eigenvalue weighted by Gasteiger charge is -1.83. The van der Waals surface area contributed by atoms with Gasteiger partial charge < -0.3 is 0 Å². The molecule has 2 rings (SSSR count). The predicted octanol–water partition coefficient (Wildman–Crippen LogP) is 0.681. The van der Waals surface area contributed by atoms with Gasteiger partial charge in [0.1, 0.15) is 0 Å². The van der Waals surface area contributed by atoms with Crippen molar-refractivity contribution in [3.05, 3.63) is 18.5 Å². The van der Waals surface area contributed by atoms with Gasteiger partial charge in [-0.05, 0) is 18.7 Å². The summed E-state index contributed by atoms with van der Waals surface area (Å²) in [6.07, 6.45) is 3.41. The van der Waals surface area contributed by atoms with Gasteiger partial charge in [-0.1, -0.05) is 0 Å². The minimum atomic E-state index is 0.332. The molecule has 5 heteroatoms. The molecule has 0 unspecified atom stereocenters. The predicted molar refractivity (Wildman–Crippen MR) is 36.6 cm³/mol. The molecule has 0 bridgehead atoms. The third-order valence-electron chi connectivity index (χ3n) is 1.10. The van der Waals surface area contributed by atoms with Crippen molar-refractivity contribution in [2.45, 2.75) is 5.16 Å². The van der Waals surface area contributed by atoms with Crippen LogP contribution in [0.4, 0.5) is 0 Å². The molecule has 0 atom stereocenters. The standard InChI is InChI=1S/C5H3N4S/c10-5-7-4-6-2-1-3-9(4)8-5/h1-3H. The van der Waals surface area contributed by atoms with Gasteiger partial charge in [0.05, 0.1) is 0 Å². The molecular weight excluding hydrogens is 148 g/mol. The third-order valence-corrected chi connectivity index (χ3v) is 1.27. The fraction of sp³-hybridized carbons (Fsp3) is 0. The Kier molecular flexibility index (Phi) is 1.04. The van der Waals surface area contributed by atoms with E-state index in [0.29, 0.717) is 10.9 Å². The van der Waals surface area contributed by atoms with Crippen molar-refractivity contribution >= 4 is 18.4 Å². The molecule has 0 saturated carbocycles. The second-order valence-electron chi connectivity index (χ2n) is 1.76. The quantitative estimate of drug-likeness (QED) is 0.556. The van der Waals surface area contributed by atoms with E-state index in [9.17, 15) is 0 Å². The molecule has 1 radical (unpaired) electrons. The summed E-state index contributed by atoms with van der Waals surface area (Å²) in [7, 11) is 0. The summed E-state index contributed by atoms with van der Waals surface area (Å²) in [5.41, 5.74) is 0. The van der Waals surface area contributed by atoms with Gasteiger partial charge in [-0.25, -0.2) is 9.50 Å². The van der Waals surface area contributed by atoms with Crippen molar-refractivity contribution in [1.29, 1.82) is 0 Å². The fourth-order valence-corrected chi connectivity index (χ4v) is 0.883. The van der Waals surface area contributed by atoms with E-state index in [1.165, 1.54) is 0 Å². The summed E-state index contributed by atoms with van der Waals surface area (Å²) in [5.74, 6) is 0.549. The SMILES string of the molecule is [S]c1nc2ncccn2n1. The topological polar surface area (TPSA) is 43.1 Å². The summed E-state index contributed by atoms with van der Waals surface area (Å²) < 4.78 is 1.54. The molecule has 10 heavy (non-hydrogen) atoms. The normalized spacial score (nSPS) is 10.4. The second kappa shape index (κ2) is 1.88. The molecule has 0 aliphatic carbocycles. The van der Waals surface area contributed by atoms with Crippen molar-refractivity contribution < 1.29 is 0 Å². The highest BCUT2D eigenvalue weighted by atomic mass is 32.1. The Hall–Kier alpha value is -1.23. The van der Waals surface area contributed by atoms with E-state index in [4.69, 9.17) is 12.6 Å². The van der Waals surface area contributed by atoms with E-state index in [-0.39, 0.29) is 0 Å². The van der Waals surface area contributed by atoms with Crippen LogP contribution in [0.3, 0.4) is 0 Å². The van der Waals surface area contributed by atoms with Gasteiger partial charge >= 0.3 is 0 Å². The summed E-state index contributed by atoms with van der Waals surface area (Å²) in [5, 5.41) is 4.20. The molecule has 0 N–H and O–H groups in total. The van der Waals surface area contributed by atoms with Crippen molar-refractivity contribution in [3.63, 3.8) is 0 Å². The van der Waals surface area contributed by atoms with Crippen LogP contribution in [0.5, 0.6) is 0 Å². The molecule has 2 aromatic heterocycles. The van der Waals surface area contributed by atoms with Gasteiger partial charge in [-0.3, -0.25) is 0 Å². The van der Waals surface area contributed by atoms with Crippen LogP contribution in [-0.2, 0) is 0 Å². The third kappa shape index (κ3) is 0.714. The van der Waals surface area contributed by atoms with E-state index in [0.717, 1.165) is 0 Å². The van der Waals surface area contributed by atoms with Gasteiger partial charge in [-0.15, -0.1) is 5.10 Å². The molecule has 0 saturated heterocycles. The molecule has 0 fully saturated rings. The van der Waals surface area contributed by atoms with Gasteiger partial charge in [0.25, 0.3) is 5.78 Å². The van der Waals surface area contributed by atoms with E-state index < -0.39 is 0 Å². The highest BCUT2D eigenvalue weighted by molar-refractivity contribution is 7.80. The maximum Gasteiger partial charge on any atom is 0.253 e. The summed E-state index contributed by atoms with van der Waals surface area (Å²) in [4.78, 5) is 7.79. The Labute approximate surface area is 62.3 Å². The van der Waals surface area contributed by atoms with Crippen LogP contribution < -0.4 is 0 Å². The number of aromatic nitrogens is 4. The lowest BCUT2D eigenvalue weighted by Crippen LogP contribution is -1.86. The molecule has 49 valence electrons. The lowest BCUT2D eigenvalue weighted by atomic mass is 10.7. The van der Waals surface area contributed by atoms with Crippen LogP contribution in [-0.4, -0.2) is 19.6 Å². The van der Waals surface area contributed by atoms with Gasteiger partial charge in [0, 0.05) is 12.4 Å². The summed E-state index contributed by atoms with van der Waals surface area (Å²) in [6, 6.07) is 1.77. The molecule has 0 aromatic carbocycles. The van der Waals surface area contributed by atoms with Crippen molar-refractivity contribution in [1.82, 2.24) is 19.6 Å². The van der Waals surface area contributed by atoms with Crippen molar-refractivity contribution in [3.8, 4) is 0 Å². The highest BCUT2D eigenvalue weighted by Crippen LogP contribution is 1.98. The van der Waals surface area contributed by atoms with Gasteiger partial charge in [0.2, 0.25) is 5.16 Å². The molecular formula is C5H3N4S. The highest BCUT2D eigenvalue weighted by Gasteiger charge is 1.97. The molecule has 0 aliphatic heterocycles. The zero-order valence-electron chi connectivity index (χ0n) is 4.93. The molecule has 0 aliphatic rings. The monoisotopic (exact) mass is 151 g/mol. The van der Waals surface area contributed by atoms with Crippen molar-refractivity contribution in [2.24, 2.45) is 0 Å². The maximum absolute atomic E-state index is 4.73. The average Bonchev–Trinajstić information content (AvgIpc) is 2.27. The molecule has 0 spiro atoms. The smallest absolute Gasteiger partial charge is 0.220 e. The Morgan fingerprint density at radius 2 is 2.40 bits per heavy atom. The fourth-order valence-electron chi connectivity index (χ4n) is 0.714. The molecule has 4 nitrogen and oxygen atoms in total. The molecule has 0 amide bonds. The van der Waals surface area contributed by atoms with Crippen LogP contribution in [0.2, 0.25) is 0 Å². The minimum Gasteiger partial charge on any atom is -0.220 e. The van der Waals surface area contributed by atoms with Crippen LogP contribution in [0.15, 0.2) is 23.6 Å². The number of hydrogen-bond donors (Lipinski definition) is 0. The molecule has 2 heterocycles. The summed E-state index contributed by atoms with van der Waals surface area (Å²) in [6.45, 7) is 0. The van der Waals surface area contributed by atoms with Gasteiger partial charge in [-0.2, -0.15) is 4.98 Å². The average molecular weight is 151 g/mol. The maximum atomic E-state index is 4.73. The summed E-state index contributed by atoms with van der Waals surface area (Å²) >= 11 is 4.73. The Bertz CT molecular complexity index is 322. The number of nitrogens with zero attached hydrogens (tertiary/aromatic N) is 4. The first-order valence-corrected chi connectivity index (χ1v) is 3.11. The van der Waals surface area contributed by atoms with Crippen LogP contribution in [0.1, 0.15) is 0 Å². The Morgan fingerprint density at radius 3 is 3.20 bits per heavy atom. The van der Waals surface area contributed by atoms with E-state index >= 15 is 0 Å². The van der Waals surface area contributed by atoms with Crippen LogP contribution in [0, 0.1) is 0 Å². The number of fused-ring (bicyclic) bond motifs is 1. The largest absolute Gasteiger partial charge is 0.253 e. The van der Waals surface area contributed by atoms with E-state index in [1.54, 1.807) is 23.0 Å². The lowest BCUT2D eigenvalue weighted by molar-refractivity contribution is 0.882. The van der Waals surface area contributed by atoms with Crippen LogP contribution >= 0.6 is 12.6 Å². The first kappa shape index (κ1) is 5.55. The van der Waals surface area contributed by atoms with Gasteiger partial charge in [0.15, 0.2) is 0 Å². The van der Waals surface area contributed by atoms with E-state index in [1.807, 2.05) is 0 Å². The number of rotatable bonds is 0. The Balaban J connectivity index is 2.88. The minimum absolute atomic E-state index is 0.332. The first-order chi connectivity index (χ1) is 4.86. The molecule has 2 aromatic rings. The zero-order chi connectivity index (χ0) is 6.97. The first-order valence-electron chi connectivity index (χ1n) is 2.71. The van der Waals surface area contributed by atoms with Crippen LogP contribution in [0.25, 0.3) is 5.78 Å². The zero-order valence-corrected chi connectivity index (χ0v) is 5.75.